The molecule has 2 aliphatic heterocycles. The lowest BCUT2D eigenvalue weighted by Crippen LogP contribution is -2.40. The molecule has 2 saturated heterocycles. The number of benzene rings is 1. The highest BCUT2D eigenvalue weighted by Crippen LogP contribution is 2.34. The number of nitrogens with one attached hydrogen (secondary N) is 2. The van der Waals surface area contributed by atoms with Gasteiger partial charge in [-0.3, -0.25) is 4.79 Å². The van der Waals surface area contributed by atoms with Crippen molar-refractivity contribution in [3.05, 3.63) is 40.9 Å². The van der Waals surface area contributed by atoms with Crippen molar-refractivity contribution < 1.29 is 4.79 Å². The fraction of sp³-hybridized carbons (Fsp3) is 0.524. The van der Waals surface area contributed by atoms with E-state index in [2.05, 4.69) is 29.7 Å². The van der Waals surface area contributed by atoms with Crippen LogP contribution in [0.5, 0.6) is 0 Å². The molecule has 138 valence electrons. The zero-order valence-corrected chi connectivity index (χ0v) is 16.3. The van der Waals surface area contributed by atoms with Gasteiger partial charge in [0.2, 0.25) is 5.91 Å². The fourth-order valence-corrected chi connectivity index (χ4v) is 5.56. The molecule has 0 radical (unpaired) electrons. The van der Waals surface area contributed by atoms with Crippen LogP contribution in [0.25, 0.3) is 10.6 Å². The van der Waals surface area contributed by atoms with Gasteiger partial charge in [0.05, 0.1) is 16.6 Å². The second-order valence-electron chi connectivity index (χ2n) is 7.80. The summed E-state index contributed by atoms with van der Waals surface area (Å²) in [5, 5.41) is 7.88. The highest BCUT2D eigenvalue weighted by Gasteiger charge is 2.34. The van der Waals surface area contributed by atoms with Gasteiger partial charge >= 0.3 is 0 Å². The van der Waals surface area contributed by atoms with Crippen LogP contribution in [-0.2, 0) is 4.79 Å². The van der Waals surface area contributed by atoms with E-state index in [1.165, 1.54) is 12.8 Å². The molecule has 26 heavy (non-hydrogen) atoms. The smallest absolute Gasteiger partial charge is 0.220 e. The number of carbonyl (C=O) groups is 1. The molecule has 2 fully saturated rings. The zero-order chi connectivity index (χ0) is 18.1. The van der Waals surface area contributed by atoms with Gasteiger partial charge in [0.1, 0.15) is 5.01 Å². The third-order valence-corrected chi connectivity index (χ3v) is 7.06. The molecule has 0 aliphatic carbocycles. The first-order valence-corrected chi connectivity index (χ1v) is 10.5. The van der Waals surface area contributed by atoms with Crippen molar-refractivity contribution in [1.82, 2.24) is 15.6 Å². The van der Waals surface area contributed by atoms with Gasteiger partial charge in [0.25, 0.3) is 0 Å². The second kappa shape index (κ2) is 7.49. The number of amides is 1. The van der Waals surface area contributed by atoms with Crippen LogP contribution < -0.4 is 10.6 Å². The maximum absolute atomic E-state index is 12.6. The lowest BCUT2D eigenvalue weighted by molar-refractivity contribution is -0.122. The minimum atomic E-state index is 0.0101. The van der Waals surface area contributed by atoms with Crippen molar-refractivity contribution in [1.29, 1.82) is 0 Å². The first-order chi connectivity index (χ1) is 12.6. The molecule has 2 aliphatic rings. The van der Waals surface area contributed by atoms with Crippen LogP contribution in [0.15, 0.2) is 30.3 Å². The van der Waals surface area contributed by atoms with E-state index in [1.54, 1.807) is 11.3 Å². The molecule has 1 amide bonds. The molecular formula is C21H27N3OS. The van der Waals surface area contributed by atoms with E-state index in [4.69, 9.17) is 4.98 Å². The predicted molar refractivity (Wildman–Crippen MR) is 106 cm³/mol. The second-order valence-corrected chi connectivity index (χ2v) is 8.83. The van der Waals surface area contributed by atoms with Gasteiger partial charge in [0.15, 0.2) is 0 Å². The summed E-state index contributed by atoms with van der Waals surface area (Å²) in [7, 11) is 0. The summed E-state index contributed by atoms with van der Waals surface area (Å²) in [5.74, 6) is 0.709. The van der Waals surface area contributed by atoms with E-state index < -0.39 is 0 Å². The zero-order valence-electron chi connectivity index (χ0n) is 15.5. The van der Waals surface area contributed by atoms with Crippen molar-refractivity contribution in [2.75, 3.05) is 0 Å². The van der Waals surface area contributed by atoms with Crippen molar-refractivity contribution in [3.8, 4) is 10.6 Å². The number of aromatic nitrogens is 1. The number of carbonyl (C=O) groups excluding carboxylic acids is 1. The highest BCUT2D eigenvalue weighted by atomic mass is 32.1. The van der Waals surface area contributed by atoms with Crippen LogP contribution in [0.4, 0.5) is 0 Å². The van der Waals surface area contributed by atoms with Crippen LogP contribution in [0.3, 0.4) is 0 Å². The monoisotopic (exact) mass is 369 g/mol. The van der Waals surface area contributed by atoms with Crippen LogP contribution in [0, 0.1) is 12.8 Å². The Bertz CT molecular complexity index is 761. The molecule has 3 unspecified atom stereocenters. The van der Waals surface area contributed by atoms with Gasteiger partial charge in [0, 0.05) is 24.1 Å². The first kappa shape index (κ1) is 17.7. The summed E-state index contributed by atoms with van der Waals surface area (Å²) in [5.41, 5.74) is 2.15. The van der Waals surface area contributed by atoms with E-state index in [0.29, 0.717) is 24.4 Å². The number of thiazole rings is 1. The molecule has 1 aromatic heterocycles. The Morgan fingerprint density at radius 1 is 1.27 bits per heavy atom. The summed E-state index contributed by atoms with van der Waals surface area (Å²) >= 11 is 1.68. The molecule has 2 bridgehead atoms. The minimum Gasteiger partial charge on any atom is -0.349 e. The third-order valence-electron chi connectivity index (χ3n) is 5.67. The number of hydrogen-bond donors (Lipinski definition) is 2. The molecule has 0 spiro atoms. The summed E-state index contributed by atoms with van der Waals surface area (Å²) in [6.07, 6.45) is 5.51. The summed E-state index contributed by atoms with van der Waals surface area (Å²) < 4.78 is 0. The highest BCUT2D eigenvalue weighted by molar-refractivity contribution is 7.15. The Morgan fingerprint density at radius 2 is 1.96 bits per heavy atom. The number of nitrogens with zero attached hydrogens (tertiary/aromatic N) is 1. The van der Waals surface area contributed by atoms with Crippen LogP contribution in [0.2, 0.25) is 0 Å². The standard InChI is InChI=1S/C21H27N3OS/c1-13(20-14(2)23-21(26-20)16-6-4-3-5-7-16)22-19(25)12-15-10-17-8-9-18(11-15)24-17/h3-7,13,15,17-18,24H,8-12H2,1-2H3,(H,22,25). The SMILES string of the molecule is Cc1nc(-c2ccccc2)sc1C(C)NC(=O)CC1CC2CCC(C1)N2. The Balaban J connectivity index is 1.38. The van der Waals surface area contributed by atoms with Gasteiger partial charge in [-0.1, -0.05) is 30.3 Å². The van der Waals surface area contributed by atoms with Gasteiger partial charge in [-0.05, 0) is 45.4 Å². The average Bonchev–Trinajstić information content (AvgIpc) is 3.18. The molecule has 2 N–H and O–H groups in total. The van der Waals surface area contributed by atoms with Crippen molar-refractivity contribution in [2.45, 2.75) is 64.1 Å². The number of fused-ring (bicyclic) bond motifs is 2. The Hall–Kier alpha value is -1.72. The molecule has 3 heterocycles. The molecule has 2 aromatic rings. The van der Waals surface area contributed by atoms with Gasteiger partial charge in [-0.25, -0.2) is 4.98 Å². The quantitative estimate of drug-likeness (QED) is 0.830. The van der Waals surface area contributed by atoms with Crippen LogP contribution in [-0.4, -0.2) is 23.0 Å². The van der Waals surface area contributed by atoms with E-state index in [0.717, 1.165) is 34.0 Å². The fourth-order valence-electron chi connectivity index (χ4n) is 4.48. The number of hydrogen-bond acceptors (Lipinski definition) is 4. The van der Waals surface area contributed by atoms with E-state index in [-0.39, 0.29) is 11.9 Å². The van der Waals surface area contributed by atoms with Gasteiger partial charge in [-0.15, -0.1) is 11.3 Å². The van der Waals surface area contributed by atoms with Crippen molar-refractivity contribution in [3.63, 3.8) is 0 Å². The first-order valence-electron chi connectivity index (χ1n) is 9.66. The maximum atomic E-state index is 12.6. The van der Waals surface area contributed by atoms with Crippen molar-refractivity contribution >= 4 is 17.2 Å². The molecule has 0 saturated carbocycles. The van der Waals surface area contributed by atoms with Gasteiger partial charge < -0.3 is 10.6 Å². The molecule has 4 nitrogen and oxygen atoms in total. The normalized spacial score (nSPS) is 25.8. The Kier molecular flexibility index (Phi) is 5.09. The molecule has 5 heteroatoms. The number of rotatable bonds is 5. The lowest BCUT2D eigenvalue weighted by Gasteiger charge is -2.29. The summed E-state index contributed by atoms with van der Waals surface area (Å²) in [6, 6.07) is 11.5. The predicted octanol–water partition coefficient (Wildman–Crippen LogP) is 4.22. The van der Waals surface area contributed by atoms with Crippen LogP contribution in [0.1, 0.15) is 55.6 Å². The average molecular weight is 370 g/mol. The molecule has 1 aromatic carbocycles. The van der Waals surface area contributed by atoms with Crippen LogP contribution >= 0.6 is 11.3 Å². The topological polar surface area (TPSA) is 54.0 Å². The Morgan fingerprint density at radius 3 is 2.65 bits per heavy atom. The van der Waals surface area contributed by atoms with Crippen molar-refractivity contribution in [2.24, 2.45) is 5.92 Å². The minimum absolute atomic E-state index is 0.0101. The largest absolute Gasteiger partial charge is 0.349 e. The number of piperidine rings is 1. The summed E-state index contributed by atoms with van der Waals surface area (Å²) in [4.78, 5) is 18.4. The number of aryl methyl sites for hydroxylation is 1. The van der Waals surface area contributed by atoms with Gasteiger partial charge in [-0.2, -0.15) is 0 Å². The van der Waals surface area contributed by atoms with E-state index in [9.17, 15) is 4.79 Å². The lowest BCUT2D eigenvalue weighted by atomic mass is 9.89. The molecular weight excluding hydrogens is 342 g/mol. The van der Waals surface area contributed by atoms with E-state index in [1.807, 2.05) is 25.1 Å². The third kappa shape index (κ3) is 3.84. The molecule has 4 rings (SSSR count). The maximum Gasteiger partial charge on any atom is 0.220 e. The molecule has 3 atom stereocenters. The Labute approximate surface area is 159 Å². The van der Waals surface area contributed by atoms with E-state index >= 15 is 0 Å². The summed E-state index contributed by atoms with van der Waals surface area (Å²) in [6.45, 7) is 4.10.